The van der Waals surface area contributed by atoms with Crippen molar-refractivity contribution in [3.8, 4) is 0 Å². The number of para-hydroxylation sites is 1. The smallest absolute Gasteiger partial charge is 0.264 e. The molecular formula is C30H33BrFN3O4S. The molecule has 0 aromatic heterocycles. The molecule has 40 heavy (non-hydrogen) atoms. The number of anilines is 1. The van der Waals surface area contributed by atoms with Crippen LogP contribution in [0, 0.1) is 5.82 Å². The first kappa shape index (κ1) is 29.7. The molecule has 0 spiro atoms. The zero-order chi connectivity index (χ0) is 28.7. The number of carbonyl (C=O) groups excluding carboxylic acids is 2. The van der Waals surface area contributed by atoms with Gasteiger partial charge in [-0.05, 0) is 61.7 Å². The van der Waals surface area contributed by atoms with E-state index in [1.807, 2.05) is 24.3 Å². The highest BCUT2D eigenvalue weighted by Crippen LogP contribution is 2.27. The summed E-state index contributed by atoms with van der Waals surface area (Å²) in [5.41, 5.74) is 0.504. The van der Waals surface area contributed by atoms with E-state index in [4.69, 9.17) is 0 Å². The number of halogens is 2. The Morgan fingerprint density at radius 2 is 1.65 bits per heavy atom. The summed E-state index contributed by atoms with van der Waals surface area (Å²) in [6, 6.07) is 19.5. The third kappa shape index (κ3) is 7.28. The Kier molecular flexibility index (Phi) is 9.97. The molecule has 0 aliphatic heterocycles. The van der Waals surface area contributed by atoms with Crippen LogP contribution < -0.4 is 9.62 Å². The van der Waals surface area contributed by atoms with Gasteiger partial charge in [-0.2, -0.15) is 0 Å². The van der Waals surface area contributed by atoms with Crippen LogP contribution in [0.25, 0.3) is 0 Å². The first-order valence-electron chi connectivity index (χ1n) is 13.3. The van der Waals surface area contributed by atoms with Crippen molar-refractivity contribution >= 4 is 43.5 Å². The van der Waals surface area contributed by atoms with Crippen LogP contribution in [0.1, 0.15) is 44.6 Å². The van der Waals surface area contributed by atoms with Crippen molar-refractivity contribution in [2.24, 2.45) is 0 Å². The molecule has 2 amide bonds. The van der Waals surface area contributed by atoms with Crippen LogP contribution in [0.2, 0.25) is 0 Å². The molecule has 1 aliphatic rings. The number of nitrogens with one attached hydrogen (secondary N) is 1. The molecule has 1 saturated carbocycles. The summed E-state index contributed by atoms with van der Waals surface area (Å²) >= 11 is 3.44. The molecule has 0 bridgehead atoms. The molecule has 4 rings (SSSR count). The second-order valence-electron chi connectivity index (χ2n) is 9.95. The van der Waals surface area contributed by atoms with Gasteiger partial charge in [0.05, 0.1) is 10.6 Å². The average molecular weight is 631 g/mol. The predicted octanol–water partition coefficient (Wildman–Crippen LogP) is 5.65. The third-order valence-electron chi connectivity index (χ3n) is 7.09. The number of benzene rings is 3. The van der Waals surface area contributed by atoms with Crippen molar-refractivity contribution in [2.75, 3.05) is 10.8 Å². The summed E-state index contributed by atoms with van der Waals surface area (Å²) in [5.74, 6) is -1.72. The van der Waals surface area contributed by atoms with Crippen LogP contribution in [0.3, 0.4) is 0 Å². The number of amides is 2. The average Bonchev–Trinajstić information content (AvgIpc) is 2.95. The second kappa shape index (κ2) is 13.4. The van der Waals surface area contributed by atoms with E-state index in [2.05, 4.69) is 21.2 Å². The molecule has 1 fully saturated rings. The van der Waals surface area contributed by atoms with Gasteiger partial charge in [0, 0.05) is 17.1 Å². The monoisotopic (exact) mass is 629 g/mol. The number of carbonyl (C=O) groups is 2. The van der Waals surface area contributed by atoms with E-state index >= 15 is 0 Å². The Bertz CT molecular complexity index is 1430. The molecule has 0 saturated heterocycles. The van der Waals surface area contributed by atoms with Gasteiger partial charge in [-0.25, -0.2) is 12.8 Å². The normalized spacial score (nSPS) is 14.8. The Balaban J connectivity index is 1.68. The second-order valence-corrected chi connectivity index (χ2v) is 12.7. The van der Waals surface area contributed by atoms with E-state index in [1.165, 1.54) is 35.2 Å². The van der Waals surface area contributed by atoms with Crippen LogP contribution in [-0.2, 0) is 26.2 Å². The van der Waals surface area contributed by atoms with Crippen molar-refractivity contribution in [3.05, 3.63) is 94.7 Å². The zero-order valence-electron chi connectivity index (χ0n) is 22.3. The van der Waals surface area contributed by atoms with Crippen molar-refractivity contribution in [2.45, 2.75) is 62.6 Å². The van der Waals surface area contributed by atoms with Gasteiger partial charge < -0.3 is 10.2 Å². The molecule has 1 unspecified atom stereocenters. The number of sulfonamides is 1. The van der Waals surface area contributed by atoms with E-state index in [-0.39, 0.29) is 29.1 Å². The van der Waals surface area contributed by atoms with Gasteiger partial charge in [-0.1, -0.05) is 77.7 Å². The Hall–Kier alpha value is -3.24. The predicted molar refractivity (Wildman–Crippen MR) is 157 cm³/mol. The molecule has 10 heteroatoms. The first-order valence-corrected chi connectivity index (χ1v) is 15.6. The van der Waals surface area contributed by atoms with Crippen molar-refractivity contribution in [3.63, 3.8) is 0 Å². The molecule has 3 aromatic rings. The van der Waals surface area contributed by atoms with Gasteiger partial charge in [-0.15, -0.1) is 0 Å². The largest absolute Gasteiger partial charge is 0.352 e. The topological polar surface area (TPSA) is 86.8 Å². The maximum Gasteiger partial charge on any atom is 0.264 e. The summed E-state index contributed by atoms with van der Waals surface area (Å²) in [6.07, 6.45) is 4.98. The molecule has 0 radical (unpaired) electrons. The lowest BCUT2D eigenvalue weighted by Gasteiger charge is -2.33. The molecule has 1 N–H and O–H groups in total. The molecule has 1 aliphatic carbocycles. The molecule has 3 aromatic carbocycles. The Labute approximate surface area is 243 Å². The van der Waals surface area contributed by atoms with Crippen LogP contribution in [0.4, 0.5) is 10.1 Å². The summed E-state index contributed by atoms with van der Waals surface area (Å²) in [4.78, 5) is 28.6. The lowest BCUT2D eigenvalue weighted by molar-refractivity contribution is -0.139. The Morgan fingerprint density at radius 1 is 0.975 bits per heavy atom. The number of hydrogen-bond acceptors (Lipinski definition) is 4. The van der Waals surface area contributed by atoms with Crippen LogP contribution in [-0.4, -0.2) is 43.8 Å². The van der Waals surface area contributed by atoms with Gasteiger partial charge in [-0.3, -0.25) is 13.9 Å². The summed E-state index contributed by atoms with van der Waals surface area (Å²) in [6.45, 7) is 1.01. The summed E-state index contributed by atoms with van der Waals surface area (Å²) in [7, 11) is -4.32. The van der Waals surface area contributed by atoms with Crippen LogP contribution in [0.15, 0.2) is 88.2 Å². The van der Waals surface area contributed by atoms with E-state index in [1.54, 1.807) is 25.1 Å². The lowest BCUT2D eigenvalue weighted by Crippen LogP contribution is -2.53. The van der Waals surface area contributed by atoms with E-state index in [9.17, 15) is 22.4 Å². The van der Waals surface area contributed by atoms with Gasteiger partial charge >= 0.3 is 0 Å². The van der Waals surface area contributed by atoms with Gasteiger partial charge in [0.2, 0.25) is 11.8 Å². The zero-order valence-corrected chi connectivity index (χ0v) is 24.7. The van der Waals surface area contributed by atoms with Gasteiger partial charge in [0.1, 0.15) is 18.4 Å². The van der Waals surface area contributed by atoms with Gasteiger partial charge in [0.25, 0.3) is 10.0 Å². The van der Waals surface area contributed by atoms with Crippen LogP contribution in [0.5, 0.6) is 0 Å². The highest BCUT2D eigenvalue weighted by atomic mass is 79.9. The molecule has 7 nitrogen and oxygen atoms in total. The summed E-state index contributed by atoms with van der Waals surface area (Å²) < 4.78 is 44.0. The Morgan fingerprint density at radius 3 is 2.33 bits per heavy atom. The standard InChI is InChI=1S/C30H33BrFN3O4S/c1-22(30(37)33-25-13-4-2-5-14-25)34(20-23-11-10-12-24(31)19-23)29(36)21-35(28-18-9-8-17-27(28)32)40(38,39)26-15-6-3-7-16-26/h3,6-12,15-19,22,25H,2,4-5,13-14,20-21H2,1H3,(H,33,37). The minimum atomic E-state index is -4.32. The molecule has 1 atom stereocenters. The fourth-order valence-corrected chi connectivity index (χ4v) is 6.76. The fraction of sp³-hybridized carbons (Fsp3) is 0.333. The number of hydrogen-bond donors (Lipinski definition) is 1. The minimum Gasteiger partial charge on any atom is -0.352 e. The lowest BCUT2D eigenvalue weighted by atomic mass is 9.95. The van der Waals surface area contributed by atoms with Crippen molar-refractivity contribution in [1.82, 2.24) is 10.2 Å². The number of rotatable bonds is 10. The third-order valence-corrected chi connectivity index (χ3v) is 9.36. The van der Waals surface area contributed by atoms with E-state index < -0.39 is 34.3 Å². The van der Waals surface area contributed by atoms with Crippen molar-refractivity contribution < 1.29 is 22.4 Å². The quantitative estimate of drug-likeness (QED) is 0.314. The first-order chi connectivity index (χ1) is 19.2. The highest BCUT2D eigenvalue weighted by molar-refractivity contribution is 9.10. The van der Waals surface area contributed by atoms with Crippen LogP contribution >= 0.6 is 15.9 Å². The fourth-order valence-electron chi connectivity index (χ4n) is 4.87. The van der Waals surface area contributed by atoms with Crippen molar-refractivity contribution in [1.29, 1.82) is 0 Å². The maximum absolute atomic E-state index is 15.0. The highest BCUT2D eigenvalue weighted by Gasteiger charge is 2.34. The molecular weight excluding hydrogens is 597 g/mol. The van der Waals surface area contributed by atoms with E-state index in [0.717, 1.165) is 52.5 Å². The maximum atomic E-state index is 15.0. The summed E-state index contributed by atoms with van der Waals surface area (Å²) in [5, 5.41) is 3.07. The number of nitrogens with zero attached hydrogens (tertiary/aromatic N) is 2. The molecule has 0 heterocycles. The van der Waals surface area contributed by atoms with E-state index in [0.29, 0.717) is 0 Å². The molecule has 212 valence electrons. The van der Waals surface area contributed by atoms with Gasteiger partial charge in [0.15, 0.2) is 0 Å². The SMILES string of the molecule is CC(C(=O)NC1CCCCC1)N(Cc1cccc(Br)c1)C(=O)CN(c1ccccc1F)S(=O)(=O)c1ccccc1. The minimum absolute atomic E-state index is 0.0416.